The van der Waals surface area contributed by atoms with Crippen LogP contribution in [0, 0.1) is 5.92 Å². The van der Waals surface area contributed by atoms with E-state index in [0.29, 0.717) is 16.2 Å². The van der Waals surface area contributed by atoms with Crippen LogP contribution in [0.15, 0.2) is 17.3 Å². The molecule has 0 amide bonds. The Morgan fingerprint density at radius 1 is 1.19 bits per heavy atom. The van der Waals surface area contributed by atoms with Gasteiger partial charge in [-0.1, -0.05) is 61.7 Å². The van der Waals surface area contributed by atoms with E-state index in [2.05, 4.69) is 15.3 Å². The molecule has 1 aliphatic carbocycles. The molecule has 0 unspecified atom stereocenters. The number of aromatic nitrogens is 1. The summed E-state index contributed by atoms with van der Waals surface area (Å²) in [5, 5.41) is 4.25. The van der Waals surface area contributed by atoms with Gasteiger partial charge in [0.2, 0.25) is 0 Å². The molecule has 1 aromatic rings. The predicted molar refractivity (Wildman–Crippen MR) is 92.2 cm³/mol. The van der Waals surface area contributed by atoms with Crippen LogP contribution in [-0.2, 0) is 0 Å². The molecular weight excluding hydrogens is 305 g/mol. The molecule has 0 spiro atoms. The number of pyridine rings is 1. The van der Waals surface area contributed by atoms with Crippen LogP contribution in [0.3, 0.4) is 0 Å². The van der Waals surface area contributed by atoms with Gasteiger partial charge in [-0.05, 0) is 12.8 Å². The van der Waals surface area contributed by atoms with Crippen molar-refractivity contribution in [2.75, 3.05) is 12.4 Å². The molecule has 0 radical (unpaired) electrons. The van der Waals surface area contributed by atoms with Crippen molar-refractivity contribution in [3.05, 3.63) is 17.4 Å². The number of anilines is 1. The zero-order chi connectivity index (χ0) is 15.1. The molecule has 0 aromatic carbocycles. The highest BCUT2D eigenvalue weighted by Gasteiger charge is 2.16. The number of rotatable bonds is 3. The highest BCUT2D eigenvalue weighted by Crippen LogP contribution is 2.30. The average Bonchev–Trinajstić information content (AvgIpc) is 2.62. The highest BCUT2D eigenvalue weighted by molar-refractivity contribution is 6.66. The first kappa shape index (κ1) is 16.6. The SMILES string of the molecule is CNc1cc(Cl)ncc1N=C(Cl)C1CCCCCCCC1. The van der Waals surface area contributed by atoms with E-state index in [9.17, 15) is 0 Å². The van der Waals surface area contributed by atoms with Crippen LogP contribution in [0.4, 0.5) is 11.4 Å². The zero-order valence-electron chi connectivity index (χ0n) is 12.5. The second-order valence-corrected chi connectivity index (χ2v) is 6.38. The molecule has 116 valence electrons. The minimum absolute atomic E-state index is 0.380. The van der Waals surface area contributed by atoms with Gasteiger partial charge < -0.3 is 5.32 Å². The van der Waals surface area contributed by atoms with E-state index in [0.717, 1.165) is 24.2 Å². The van der Waals surface area contributed by atoms with E-state index < -0.39 is 0 Å². The second-order valence-electron chi connectivity index (χ2n) is 5.60. The van der Waals surface area contributed by atoms with Crippen molar-refractivity contribution in [2.24, 2.45) is 10.9 Å². The van der Waals surface area contributed by atoms with Crippen molar-refractivity contribution in [1.82, 2.24) is 4.98 Å². The smallest absolute Gasteiger partial charge is 0.131 e. The predicted octanol–water partition coefficient (Wildman–Crippen LogP) is 5.80. The summed E-state index contributed by atoms with van der Waals surface area (Å²) in [6.45, 7) is 0. The van der Waals surface area contributed by atoms with Crippen LogP contribution in [0.25, 0.3) is 0 Å². The van der Waals surface area contributed by atoms with Crippen LogP contribution in [0.1, 0.15) is 51.4 Å². The molecule has 21 heavy (non-hydrogen) atoms. The summed E-state index contributed by atoms with van der Waals surface area (Å²) in [7, 11) is 1.85. The molecule has 1 fully saturated rings. The van der Waals surface area contributed by atoms with Gasteiger partial charge in [0.15, 0.2) is 0 Å². The largest absolute Gasteiger partial charge is 0.386 e. The first-order chi connectivity index (χ1) is 10.2. The Morgan fingerprint density at radius 2 is 1.81 bits per heavy atom. The van der Waals surface area contributed by atoms with Gasteiger partial charge in [0.25, 0.3) is 0 Å². The van der Waals surface area contributed by atoms with E-state index >= 15 is 0 Å². The third-order valence-electron chi connectivity index (χ3n) is 4.04. The quantitative estimate of drug-likeness (QED) is 0.563. The first-order valence-corrected chi connectivity index (χ1v) is 8.53. The van der Waals surface area contributed by atoms with E-state index in [4.69, 9.17) is 23.2 Å². The third kappa shape index (κ3) is 5.15. The number of hydrogen-bond acceptors (Lipinski definition) is 3. The number of hydrogen-bond donors (Lipinski definition) is 1. The van der Waals surface area contributed by atoms with Crippen molar-refractivity contribution in [2.45, 2.75) is 51.4 Å². The van der Waals surface area contributed by atoms with Gasteiger partial charge in [-0.15, -0.1) is 0 Å². The summed E-state index contributed by atoms with van der Waals surface area (Å²) in [6, 6.07) is 1.77. The summed E-state index contributed by atoms with van der Waals surface area (Å²) in [5.41, 5.74) is 1.61. The first-order valence-electron chi connectivity index (χ1n) is 7.78. The number of halogens is 2. The summed E-state index contributed by atoms with van der Waals surface area (Å²) in [5.74, 6) is 0.380. The molecular formula is C16H23Cl2N3. The van der Waals surface area contributed by atoms with Crippen LogP contribution in [-0.4, -0.2) is 17.2 Å². The average molecular weight is 328 g/mol. The lowest BCUT2D eigenvalue weighted by Gasteiger charge is -2.14. The molecule has 1 saturated carbocycles. The lowest BCUT2D eigenvalue weighted by atomic mass is 9.98. The molecule has 0 aliphatic heterocycles. The van der Waals surface area contributed by atoms with E-state index in [1.165, 1.54) is 38.5 Å². The van der Waals surface area contributed by atoms with Crippen molar-refractivity contribution in [3.8, 4) is 0 Å². The molecule has 0 saturated heterocycles. The minimum atomic E-state index is 0.380. The Bertz CT molecular complexity index is 478. The van der Waals surface area contributed by atoms with Crippen LogP contribution < -0.4 is 5.32 Å². The maximum Gasteiger partial charge on any atom is 0.131 e. The number of nitrogens with one attached hydrogen (secondary N) is 1. The van der Waals surface area contributed by atoms with Gasteiger partial charge in [0.1, 0.15) is 16.0 Å². The molecule has 1 heterocycles. The highest BCUT2D eigenvalue weighted by atomic mass is 35.5. The number of aliphatic imine (C=N–C) groups is 1. The minimum Gasteiger partial charge on any atom is -0.386 e. The van der Waals surface area contributed by atoms with Crippen molar-refractivity contribution < 1.29 is 0 Å². The molecule has 1 N–H and O–H groups in total. The summed E-state index contributed by atoms with van der Waals surface area (Å²) in [4.78, 5) is 8.69. The summed E-state index contributed by atoms with van der Waals surface area (Å²) < 4.78 is 0. The standard InChI is InChI=1S/C16H23Cl2N3/c1-19-13-10-15(17)20-11-14(13)21-16(18)12-8-6-4-2-3-5-7-9-12/h10-12H,2-9H2,1H3,(H,19,20). The molecule has 1 aromatic heterocycles. The molecule has 1 aliphatic rings. The van der Waals surface area contributed by atoms with Gasteiger partial charge in [-0.25, -0.2) is 9.98 Å². The van der Waals surface area contributed by atoms with Gasteiger partial charge in [-0.2, -0.15) is 0 Å². The maximum absolute atomic E-state index is 6.50. The lowest BCUT2D eigenvalue weighted by molar-refractivity contribution is 0.542. The van der Waals surface area contributed by atoms with Crippen molar-refractivity contribution in [3.63, 3.8) is 0 Å². The lowest BCUT2D eigenvalue weighted by Crippen LogP contribution is -2.09. The van der Waals surface area contributed by atoms with E-state index in [1.54, 1.807) is 12.3 Å². The second kappa shape index (κ2) is 8.60. The fourth-order valence-corrected chi connectivity index (χ4v) is 3.26. The monoisotopic (exact) mass is 327 g/mol. The molecule has 0 atom stereocenters. The van der Waals surface area contributed by atoms with Crippen molar-refractivity contribution >= 4 is 39.7 Å². The maximum atomic E-state index is 6.50. The zero-order valence-corrected chi connectivity index (χ0v) is 14.1. The Kier molecular flexibility index (Phi) is 6.78. The van der Waals surface area contributed by atoms with Gasteiger partial charge in [-0.3, -0.25) is 0 Å². The van der Waals surface area contributed by atoms with Crippen LogP contribution in [0.2, 0.25) is 5.15 Å². The topological polar surface area (TPSA) is 37.3 Å². The Morgan fingerprint density at radius 3 is 2.43 bits per heavy atom. The number of nitrogens with zero attached hydrogens (tertiary/aromatic N) is 2. The summed E-state index contributed by atoms with van der Waals surface area (Å²) >= 11 is 12.4. The Balaban J connectivity index is 2.14. The Hall–Kier alpha value is -0.800. The molecule has 5 heteroatoms. The van der Waals surface area contributed by atoms with E-state index in [-0.39, 0.29) is 0 Å². The third-order valence-corrected chi connectivity index (χ3v) is 4.64. The van der Waals surface area contributed by atoms with Crippen LogP contribution in [0.5, 0.6) is 0 Å². The molecule has 2 rings (SSSR count). The van der Waals surface area contributed by atoms with Crippen LogP contribution >= 0.6 is 23.2 Å². The molecule has 3 nitrogen and oxygen atoms in total. The normalized spacial score (nSPS) is 18.7. The van der Waals surface area contributed by atoms with Crippen molar-refractivity contribution in [1.29, 1.82) is 0 Å². The molecule has 0 bridgehead atoms. The Labute approximate surface area is 137 Å². The fraction of sp³-hybridized carbons (Fsp3) is 0.625. The fourth-order valence-electron chi connectivity index (χ4n) is 2.79. The van der Waals surface area contributed by atoms with E-state index in [1.807, 2.05) is 7.05 Å². The van der Waals surface area contributed by atoms with Gasteiger partial charge >= 0.3 is 0 Å². The van der Waals surface area contributed by atoms with Gasteiger partial charge in [0.05, 0.1) is 11.9 Å². The van der Waals surface area contributed by atoms with Gasteiger partial charge in [0, 0.05) is 19.0 Å². The summed E-state index contributed by atoms with van der Waals surface area (Å²) in [6.07, 6.45) is 11.8.